The minimum atomic E-state index is -1.21. The van der Waals surface area contributed by atoms with Crippen molar-refractivity contribution >= 4 is 29.2 Å². The van der Waals surface area contributed by atoms with Gasteiger partial charge in [0.15, 0.2) is 0 Å². The van der Waals surface area contributed by atoms with Crippen LogP contribution < -0.4 is 10.1 Å². The molecule has 1 atom stereocenters. The zero-order chi connectivity index (χ0) is 19.6. The lowest BCUT2D eigenvalue weighted by molar-refractivity contribution is -0.384. The second kappa shape index (κ2) is 7.24. The van der Waals surface area contributed by atoms with Crippen LogP contribution in [0.4, 0.5) is 10.5 Å². The number of imide groups is 1. The average molecular weight is 390 g/mol. The number of carbonyl (C=O) groups is 2. The summed E-state index contributed by atoms with van der Waals surface area (Å²) in [5.74, 6) is -0.133. The largest absolute Gasteiger partial charge is 0.491 e. The number of nitrogens with zero attached hydrogens (tertiary/aromatic N) is 2. The van der Waals surface area contributed by atoms with Gasteiger partial charge in [-0.1, -0.05) is 29.8 Å². The van der Waals surface area contributed by atoms with Crippen LogP contribution in [0.15, 0.2) is 48.5 Å². The van der Waals surface area contributed by atoms with Gasteiger partial charge in [0.1, 0.15) is 17.9 Å². The van der Waals surface area contributed by atoms with Gasteiger partial charge in [0, 0.05) is 11.1 Å². The zero-order valence-corrected chi connectivity index (χ0v) is 15.1. The van der Waals surface area contributed by atoms with E-state index in [1.807, 2.05) is 0 Å². The van der Waals surface area contributed by atoms with Crippen molar-refractivity contribution in [2.24, 2.45) is 0 Å². The van der Waals surface area contributed by atoms with Crippen LogP contribution in [0.5, 0.6) is 5.75 Å². The van der Waals surface area contributed by atoms with Crippen LogP contribution in [-0.2, 0) is 10.3 Å². The van der Waals surface area contributed by atoms with Gasteiger partial charge < -0.3 is 10.1 Å². The van der Waals surface area contributed by atoms with Crippen LogP contribution in [0.3, 0.4) is 0 Å². The molecule has 0 radical (unpaired) electrons. The van der Waals surface area contributed by atoms with Gasteiger partial charge in [-0.25, -0.2) is 4.79 Å². The number of carbonyl (C=O) groups excluding carboxylic acids is 2. The summed E-state index contributed by atoms with van der Waals surface area (Å²) >= 11 is 5.99. The number of nitro benzene ring substituents is 1. The van der Waals surface area contributed by atoms with Gasteiger partial charge in [-0.2, -0.15) is 0 Å². The number of hydrogen-bond acceptors (Lipinski definition) is 5. The molecule has 0 spiro atoms. The summed E-state index contributed by atoms with van der Waals surface area (Å²) < 4.78 is 5.45. The summed E-state index contributed by atoms with van der Waals surface area (Å²) in [4.78, 5) is 36.4. The van der Waals surface area contributed by atoms with E-state index in [1.165, 1.54) is 18.2 Å². The Morgan fingerprint density at radius 1 is 1.22 bits per heavy atom. The summed E-state index contributed by atoms with van der Waals surface area (Å²) in [5.41, 5.74) is -0.737. The van der Waals surface area contributed by atoms with E-state index in [4.69, 9.17) is 16.3 Å². The Labute approximate surface area is 159 Å². The van der Waals surface area contributed by atoms with Gasteiger partial charge in [0.05, 0.1) is 17.5 Å². The number of nitro groups is 1. The van der Waals surface area contributed by atoms with Crippen molar-refractivity contribution in [1.82, 2.24) is 10.2 Å². The minimum Gasteiger partial charge on any atom is -0.491 e. The van der Waals surface area contributed by atoms with Gasteiger partial charge in [0.25, 0.3) is 11.6 Å². The number of urea groups is 1. The second-order valence-corrected chi connectivity index (χ2v) is 6.56. The fourth-order valence-corrected chi connectivity index (χ4v) is 3.03. The summed E-state index contributed by atoms with van der Waals surface area (Å²) in [6.45, 7) is 1.62. The van der Waals surface area contributed by atoms with Crippen molar-refractivity contribution in [2.45, 2.75) is 12.5 Å². The third-order valence-electron chi connectivity index (χ3n) is 4.29. The molecule has 2 aromatic carbocycles. The molecule has 0 bridgehead atoms. The number of ether oxygens (including phenoxy) is 1. The van der Waals surface area contributed by atoms with Crippen LogP contribution in [0.25, 0.3) is 0 Å². The summed E-state index contributed by atoms with van der Waals surface area (Å²) in [6.07, 6.45) is 0. The first-order valence-corrected chi connectivity index (χ1v) is 8.46. The Morgan fingerprint density at radius 3 is 2.67 bits per heavy atom. The molecule has 8 nitrogen and oxygen atoms in total. The Hall–Kier alpha value is -3.13. The van der Waals surface area contributed by atoms with E-state index in [9.17, 15) is 19.7 Å². The van der Waals surface area contributed by atoms with Crippen LogP contribution in [0.1, 0.15) is 12.5 Å². The van der Waals surface area contributed by atoms with E-state index in [1.54, 1.807) is 37.3 Å². The molecule has 1 N–H and O–H groups in total. The molecule has 140 valence electrons. The number of hydrogen-bond donors (Lipinski definition) is 1. The van der Waals surface area contributed by atoms with Gasteiger partial charge in [-0.3, -0.25) is 19.8 Å². The normalized spacial score (nSPS) is 19.1. The maximum absolute atomic E-state index is 12.8. The van der Waals surface area contributed by atoms with Crippen LogP contribution in [0.2, 0.25) is 5.02 Å². The molecule has 0 aliphatic carbocycles. The number of nitrogens with one attached hydrogen (secondary N) is 1. The van der Waals surface area contributed by atoms with Crippen molar-refractivity contribution in [1.29, 1.82) is 0 Å². The highest BCUT2D eigenvalue weighted by Gasteiger charge is 2.48. The molecule has 2 aromatic rings. The molecule has 3 amide bonds. The second-order valence-electron chi connectivity index (χ2n) is 6.13. The standard InChI is InChI=1S/C18H16ClN3O5/c1-18(12-4-2-5-13(19)10-12)16(23)21(17(24)20-18)8-9-27-15-7-3-6-14(11-15)22(25)26/h2-7,10-11H,8-9H2,1H3,(H,20,24). The summed E-state index contributed by atoms with van der Waals surface area (Å²) in [6, 6.07) is 11.9. The minimum absolute atomic E-state index is 0.00349. The van der Waals surface area contributed by atoms with Crippen molar-refractivity contribution in [3.63, 3.8) is 0 Å². The molecule has 3 rings (SSSR count). The fourth-order valence-electron chi connectivity index (χ4n) is 2.84. The monoisotopic (exact) mass is 389 g/mol. The topological polar surface area (TPSA) is 102 Å². The van der Waals surface area contributed by atoms with E-state index >= 15 is 0 Å². The lowest BCUT2D eigenvalue weighted by Gasteiger charge is -2.22. The molecule has 1 fully saturated rings. The average Bonchev–Trinajstić information content (AvgIpc) is 2.86. The first-order chi connectivity index (χ1) is 12.8. The van der Waals surface area contributed by atoms with Crippen molar-refractivity contribution < 1.29 is 19.2 Å². The number of halogens is 1. The van der Waals surface area contributed by atoms with Gasteiger partial charge in [-0.15, -0.1) is 0 Å². The Kier molecular flexibility index (Phi) is 5.00. The predicted octanol–water partition coefficient (Wildman–Crippen LogP) is 3.09. The van der Waals surface area contributed by atoms with Gasteiger partial charge >= 0.3 is 6.03 Å². The smallest absolute Gasteiger partial charge is 0.325 e. The van der Waals surface area contributed by atoms with E-state index in [0.717, 1.165) is 4.90 Å². The molecular weight excluding hydrogens is 374 g/mol. The number of benzene rings is 2. The van der Waals surface area contributed by atoms with Crippen molar-refractivity contribution in [3.05, 3.63) is 69.2 Å². The van der Waals surface area contributed by atoms with Crippen molar-refractivity contribution in [2.75, 3.05) is 13.2 Å². The van der Waals surface area contributed by atoms with Gasteiger partial charge in [-0.05, 0) is 30.7 Å². The first kappa shape index (κ1) is 18.7. The molecular formula is C18H16ClN3O5. The fraction of sp³-hybridized carbons (Fsp3) is 0.222. The summed E-state index contributed by atoms with van der Waals surface area (Å²) in [7, 11) is 0. The molecule has 9 heteroatoms. The zero-order valence-electron chi connectivity index (χ0n) is 14.3. The lowest BCUT2D eigenvalue weighted by atomic mass is 9.92. The molecule has 1 saturated heterocycles. The van der Waals surface area contributed by atoms with Crippen LogP contribution in [0, 0.1) is 10.1 Å². The number of rotatable bonds is 6. The number of non-ortho nitro benzene ring substituents is 1. The molecule has 1 unspecified atom stereocenters. The van der Waals surface area contributed by atoms with E-state index in [2.05, 4.69) is 5.32 Å². The third kappa shape index (κ3) is 3.70. The van der Waals surface area contributed by atoms with Gasteiger partial charge in [0.2, 0.25) is 0 Å². The first-order valence-electron chi connectivity index (χ1n) is 8.08. The van der Waals surface area contributed by atoms with Crippen LogP contribution in [-0.4, -0.2) is 34.9 Å². The lowest BCUT2D eigenvalue weighted by Crippen LogP contribution is -2.41. The predicted molar refractivity (Wildman–Crippen MR) is 97.6 cm³/mol. The molecule has 1 aliphatic rings. The van der Waals surface area contributed by atoms with Crippen molar-refractivity contribution in [3.8, 4) is 5.75 Å². The van der Waals surface area contributed by atoms with E-state index in [-0.39, 0.29) is 24.6 Å². The Bertz CT molecular complexity index is 919. The van der Waals surface area contributed by atoms with E-state index in [0.29, 0.717) is 10.6 Å². The maximum Gasteiger partial charge on any atom is 0.325 e. The molecule has 0 saturated carbocycles. The highest BCUT2D eigenvalue weighted by molar-refractivity contribution is 6.30. The molecule has 1 aliphatic heterocycles. The Morgan fingerprint density at radius 2 is 1.96 bits per heavy atom. The SMILES string of the molecule is CC1(c2cccc(Cl)c2)NC(=O)N(CCOc2cccc([N+](=O)[O-])c2)C1=O. The highest BCUT2D eigenvalue weighted by Crippen LogP contribution is 2.30. The van der Waals surface area contributed by atoms with E-state index < -0.39 is 22.4 Å². The molecule has 0 aromatic heterocycles. The number of amides is 3. The summed E-state index contributed by atoms with van der Waals surface area (Å²) in [5, 5.41) is 13.9. The highest BCUT2D eigenvalue weighted by atomic mass is 35.5. The Balaban J connectivity index is 1.68. The third-order valence-corrected chi connectivity index (χ3v) is 4.52. The maximum atomic E-state index is 12.8. The van der Waals surface area contributed by atoms with Crippen LogP contribution >= 0.6 is 11.6 Å². The quantitative estimate of drug-likeness (QED) is 0.464. The molecule has 27 heavy (non-hydrogen) atoms. The molecule has 1 heterocycles.